The molecule has 8 heteroatoms. The summed E-state index contributed by atoms with van der Waals surface area (Å²) in [5.41, 5.74) is 6.38. The minimum Gasteiger partial charge on any atom is -0.493 e. The first-order valence-corrected chi connectivity index (χ1v) is 14.6. The van der Waals surface area contributed by atoms with Crippen LogP contribution >= 0.6 is 11.3 Å². The summed E-state index contributed by atoms with van der Waals surface area (Å²) in [5, 5.41) is 12.3. The van der Waals surface area contributed by atoms with E-state index in [1.165, 1.54) is 11.1 Å². The fourth-order valence-electron chi connectivity index (χ4n) is 5.58. The Bertz CT molecular complexity index is 1760. The van der Waals surface area contributed by atoms with Gasteiger partial charge in [0.1, 0.15) is 5.75 Å². The van der Waals surface area contributed by atoms with E-state index in [4.69, 9.17) is 19.4 Å². The van der Waals surface area contributed by atoms with Crippen LogP contribution in [0.4, 0.5) is 5.13 Å². The van der Waals surface area contributed by atoms with Gasteiger partial charge in [-0.1, -0.05) is 41.7 Å². The van der Waals surface area contributed by atoms with E-state index in [0.29, 0.717) is 18.7 Å². The lowest BCUT2D eigenvalue weighted by atomic mass is 9.89. The molecule has 1 aliphatic heterocycles. The third-order valence-electron chi connectivity index (χ3n) is 7.30. The molecule has 210 valence electrons. The fourth-order valence-corrected chi connectivity index (χ4v) is 6.66. The van der Waals surface area contributed by atoms with Crippen LogP contribution in [0.1, 0.15) is 49.1 Å². The smallest absolute Gasteiger partial charge is 0.337 e. The lowest BCUT2D eigenvalue weighted by molar-refractivity contribution is -0.160. The highest BCUT2D eigenvalue weighted by Crippen LogP contribution is 2.47. The second kappa shape index (κ2) is 10.4. The van der Waals surface area contributed by atoms with Gasteiger partial charge in [0.2, 0.25) is 0 Å². The van der Waals surface area contributed by atoms with Gasteiger partial charge in [-0.3, -0.25) is 4.98 Å². The Morgan fingerprint density at radius 2 is 1.95 bits per heavy atom. The largest absolute Gasteiger partial charge is 0.493 e. The van der Waals surface area contributed by atoms with Gasteiger partial charge in [-0.25, -0.2) is 9.78 Å². The molecule has 0 spiro atoms. The molecular formula is C33H33N3O4S. The maximum Gasteiger partial charge on any atom is 0.337 e. The first-order valence-electron chi connectivity index (χ1n) is 13.7. The average Bonchev–Trinajstić information content (AvgIpc) is 3.36. The van der Waals surface area contributed by atoms with Gasteiger partial charge >= 0.3 is 5.97 Å². The monoisotopic (exact) mass is 567 g/mol. The van der Waals surface area contributed by atoms with E-state index in [1.54, 1.807) is 11.3 Å². The van der Waals surface area contributed by atoms with Crippen molar-refractivity contribution < 1.29 is 19.4 Å². The van der Waals surface area contributed by atoms with Gasteiger partial charge in [0.15, 0.2) is 11.2 Å². The number of carboxylic acid groups (broad SMARTS) is 1. The molecule has 3 heterocycles. The number of hydrogen-bond donors (Lipinski definition) is 1. The van der Waals surface area contributed by atoms with Gasteiger partial charge in [0, 0.05) is 48.3 Å². The van der Waals surface area contributed by atoms with Crippen molar-refractivity contribution in [3.63, 3.8) is 0 Å². The quantitative estimate of drug-likeness (QED) is 0.220. The van der Waals surface area contributed by atoms with Crippen LogP contribution < -0.4 is 9.64 Å². The first-order chi connectivity index (χ1) is 19.6. The summed E-state index contributed by atoms with van der Waals surface area (Å²) in [7, 11) is 2.03. The molecule has 7 nitrogen and oxygen atoms in total. The Morgan fingerprint density at radius 3 is 2.68 bits per heavy atom. The molecule has 2 aromatic heterocycles. The summed E-state index contributed by atoms with van der Waals surface area (Å²) in [5.74, 6) is -0.231. The van der Waals surface area contributed by atoms with Crippen LogP contribution in [0.5, 0.6) is 5.75 Å². The van der Waals surface area contributed by atoms with Crippen LogP contribution in [0.25, 0.3) is 32.2 Å². The van der Waals surface area contributed by atoms with Crippen LogP contribution in [0, 0.1) is 6.92 Å². The van der Waals surface area contributed by atoms with Crippen LogP contribution in [0.3, 0.4) is 0 Å². The number of anilines is 1. The number of benzene rings is 3. The maximum absolute atomic E-state index is 12.8. The maximum atomic E-state index is 12.8. The Morgan fingerprint density at radius 1 is 1.17 bits per heavy atom. The number of carbonyl (C=O) groups is 1. The lowest BCUT2D eigenvalue weighted by Crippen LogP contribution is -2.28. The molecule has 1 aliphatic rings. The van der Waals surface area contributed by atoms with Crippen molar-refractivity contribution in [2.24, 2.45) is 0 Å². The van der Waals surface area contributed by atoms with E-state index >= 15 is 0 Å². The molecule has 6 rings (SSSR count). The van der Waals surface area contributed by atoms with E-state index in [-0.39, 0.29) is 0 Å². The average molecular weight is 568 g/mol. The van der Waals surface area contributed by atoms with Crippen LogP contribution in [0.2, 0.25) is 0 Å². The Labute approximate surface area is 243 Å². The highest BCUT2D eigenvalue weighted by molar-refractivity contribution is 7.22. The van der Waals surface area contributed by atoms with E-state index in [2.05, 4.69) is 17.0 Å². The number of pyridine rings is 1. The molecule has 5 aromatic rings. The van der Waals surface area contributed by atoms with Gasteiger partial charge in [-0.15, -0.1) is 0 Å². The third kappa shape index (κ3) is 5.13. The standard InChI is InChI=1S/C33H33N3O4S/c1-19-17-23-30(41-32(35-23)36(5)18-20-9-7-6-8-10-20)27(25(19)29(31(37)38)40-33(2,3)4)22-11-12-24-26-21(14-16-39-24)13-15-34-28(22)26/h6-13,15,17,29H,14,16,18H2,1-5H3,(H,37,38)/t29-/m0/s1. The molecule has 0 unspecified atom stereocenters. The van der Waals surface area contributed by atoms with Crippen molar-refractivity contribution >= 4 is 43.6 Å². The topological polar surface area (TPSA) is 84.8 Å². The third-order valence-corrected chi connectivity index (χ3v) is 8.50. The van der Waals surface area contributed by atoms with Crippen molar-refractivity contribution in [2.75, 3.05) is 18.6 Å². The minimum atomic E-state index is -1.18. The van der Waals surface area contributed by atoms with E-state index in [0.717, 1.165) is 55.1 Å². The van der Waals surface area contributed by atoms with Gasteiger partial charge in [-0.2, -0.15) is 0 Å². The second-order valence-corrected chi connectivity index (χ2v) is 12.5. The first kappa shape index (κ1) is 27.2. The molecule has 0 fully saturated rings. The number of nitrogens with zero attached hydrogens (tertiary/aromatic N) is 3. The molecule has 41 heavy (non-hydrogen) atoms. The number of rotatable bonds is 7. The predicted octanol–water partition coefficient (Wildman–Crippen LogP) is 7.33. The predicted molar refractivity (Wildman–Crippen MR) is 164 cm³/mol. The van der Waals surface area contributed by atoms with E-state index in [1.807, 2.05) is 83.4 Å². The fraction of sp³-hybridized carbons (Fsp3) is 0.303. The number of thiazole rings is 1. The molecule has 0 saturated heterocycles. The van der Waals surface area contributed by atoms with Crippen LogP contribution in [-0.2, 0) is 22.5 Å². The zero-order chi connectivity index (χ0) is 28.9. The second-order valence-electron chi connectivity index (χ2n) is 11.5. The number of ether oxygens (including phenoxy) is 2. The normalized spacial score (nSPS) is 13.8. The van der Waals surface area contributed by atoms with Crippen molar-refractivity contribution in [3.8, 4) is 16.9 Å². The molecule has 0 amide bonds. The molecule has 3 aromatic carbocycles. The van der Waals surface area contributed by atoms with E-state index < -0.39 is 17.7 Å². The number of aliphatic carboxylic acids is 1. The Kier molecular flexibility index (Phi) is 6.91. The van der Waals surface area contributed by atoms with E-state index in [9.17, 15) is 9.90 Å². The van der Waals surface area contributed by atoms with Gasteiger partial charge in [-0.05, 0) is 68.7 Å². The van der Waals surface area contributed by atoms with Gasteiger partial charge in [0.25, 0.3) is 0 Å². The molecule has 1 atom stereocenters. The summed E-state index contributed by atoms with van der Waals surface area (Å²) in [4.78, 5) is 24.8. The van der Waals surface area contributed by atoms with Gasteiger partial charge in [0.05, 0.1) is 27.9 Å². The summed E-state index contributed by atoms with van der Waals surface area (Å²) in [6.07, 6.45) is 1.45. The van der Waals surface area contributed by atoms with Crippen molar-refractivity contribution in [1.82, 2.24) is 9.97 Å². The zero-order valence-corrected chi connectivity index (χ0v) is 24.7. The van der Waals surface area contributed by atoms with Crippen LogP contribution in [0.15, 0.2) is 60.8 Å². The van der Waals surface area contributed by atoms with Crippen molar-refractivity contribution in [3.05, 3.63) is 83.0 Å². The molecule has 0 radical (unpaired) electrons. The van der Waals surface area contributed by atoms with Gasteiger partial charge < -0.3 is 19.5 Å². The van der Waals surface area contributed by atoms with Crippen LogP contribution in [-0.4, -0.2) is 40.3 Å². The molecule has 1 N–H and O–H groups in total. The molecule has 0 bridgehead atoms. The SMILES string of the molecule is Cc1cc2nc(N(C)Cc3ccccc3)sc2c(-c2ccc3c4c(ccnc24)CCO3)c1[C@H](OC(C)(C)C)C(=O)O. The highest BCUT2D eigenvalue weighted by Gasteiger charge is 2.33. The lowest BCUT2D eigenvalue weighted by Gasteiger charge is -2.28. The molecule has 0 saturated carbocycles. The zero-order valence-electron chi connectivity index (χ0n) is 23.9. The molecule has 0 aliphatic carbocycles. The summed E-state index contributed by atoms with van der Waals surface area (Å²) in [6, 6.07) is 18.3. The molecular weight excluding hydrogens is 534 g/mol. The number of carboxylic acids is 1. The van der Waals surface area contributed by atoms with Crippen molar-refractivity contribution in [2.45, 2.75) is 52.4 Å². The number of aryl methyl sites for hydroxylation is 1. The van der Waals surface area contributed by atoms with Crippen molar-refractivity contribution in [1.29, 1.82) is 0 Å². The summed E-state index contributed by atoms with van der Waals surface area (Å²) < 4.78 is 13.1. The number of aromatic nitrogens is 2. The summed E-state index contributed by atoms with van der Waals surface area (Å²) >= 11 is 1.56. The Hall–Kier alpha value is -4.01. The number of fused-ring (bicyclic) bond motifs is 1. The minimum absolute atomic E-state index is 0.623. The summed E-state index contributed by atoms with van der Waals surface area (Å²) in [6.45, 7) is 8.89. The highest BCUT2D eigenvalue weighted by atomic mass is 32.1. The Balaban J connectivity index is 1.62. The number of hydrogen-bond acceptors (Lipinski definition) is 7.